The molecule has 0 saturated heterocycles. The van der Waals surface area contributed by atoms with Crippen LogP contribution < -0.4 is 11.1 Å². The molecule has 0 aliphatic heterocycles. The summed E-state index contributed by atoms with van der Waals surface area (Å²) in [5, 5.41) is 3.26. The third-order valence-corrected chi connectivity index (χ3v) is 4.04. The number of anilines is 2. The van der Waals surface area contributed by atoms with Gasteiger partial charge >= 0.3 is 5.97 Å². The summed E-state index contributed by atoms with van der Waals surface area (Å²) >= 11 is 0. The minimum Gasteiger partial charge on any atom is -0.459 e. The first-order valence-corrected chi connectivity index (χ1v) is 8.57. The monoisotopic (exact) mass is 346 g/mol. The van der Waals surface area contributed by atoms with E-state index < -0.39 is 6.04 Å². The zero-order valence-electron chi connectivity index (χ0n) is 14.5. The Morgan fingerprint density at radius 1 is 0.846 bits per heavy atom. The van der Waals surface area contributed by atoms with Gasteiger partial charge in [-0.3, -0.25) is 0 Å². The van der Waals surface area contributed by atoms with Crippen LogP contribution in [-0.2, 0) is 22.6 Å². The van der Waals surface area contributed by atoms with Crippen molar-refractivity contribution in [2.75, 3.05) is 11.1 Å². The van der Waals surface area contributed by atoms with Gasteiger partial charge in [0.05, 0.1) is 0 Å². The minimum atomic E-state index is -0.482. The number of nitrogens with one attached hydrogen (secondary N) is 1. The number of hydrogen-bond acceptors (Lipinski definition) is 4. The van der Waals surface area contributed by atoms with Crippen LogP contribution in [-0.4, -0.2) is 12.0 Å². The Balaban J connectivity index is 1.70. The van der Waals surface area contributed by atoms with Crippen LogP contribution in [0.3, 0.4) is 0 Å². The number of benzene rings is 3. The van der Waals surface area contributed by atoms with E-state index in [1.807, 2.05) is 72.8 Å². The summed E-state index contributed by atoms with van der Waals surface area (Å²) in [6.45, 7) is 0.258. The molecule has 3 aromatic carbocycles. The fraction of sp³-hybridized carbons (Fsp3) is 0.136. The molecule has 4 nitrogen and oxygen atoms in total. The van der Waals surface area contributed by atoms with Gasteiger partial charge in [0.2, 0.25) is 0 Å². The number of esters is 1. The van der Waals surface area contributed by atoms with Crippen molar-refractivity contribution >= 4 is 17.3 Å². The van der Waals surface area contributed by atoms with Gasteiger partial charge in [-0.05, 0) is 35.4 Å². The SMILES string of the molecule is Nc1ccc(NC(Cc2ccccc2)C(=O)OCc2ccccc2)cc1. The lowest BCUT2D eigenvalue weighted by molar-refractivity contribution is -0.145. The lowest BCUT2D eigenvalue weighted by Crippen LogP contribution is -2.33. The molecule has 0 fully saturated rings. The molecular weight excluding hydrogens is 324 g/mol. The van der Waals surface area contributed by atoms with Crippen molar-refractivity contribution in [3.63, 3.8) is 0 Å². The Hall–Kier alpha value is -3.27. The van der Waals surface area contributed by atoms with Gasteiger partial charge in [-0.25, -0.2) is 4.79 Å². The van der Waals surface area contributed by atoms with Gasteiger partial charge in [-0.15, -0.1) is 0 Å². The summed E-state index contributed by atoms with van der Waals surface area (Å²) in [6, 6.07) is 26.4. The highest BCUT2D eigenvalue weighted by molar-refractivity contribution is 5.80. The number of nitrogen functional groups attached to an aromatic ring is 1. The number of rotatable bonds is 7. The molecule has 3 aromatic rings. The van der Waals surface area contributed by atoms with Crippen molar-refractivity contribution < 1.29 is 9.53 Å². The predicted molar refractivity (Wildman–Crippen MR) is 105 cm³/mol. The molecule has 0 radical (unpaired) electrons. The molecule has 3 rings (SSSR count). The predicted octanol–water partition coefficient (Wildman–Crippen LogP) is 4.04. The van der Waals surface area contributed by atoms with E-state index in [0.29, 0.717) is 12.1 Å². The van der Waals surface area contributed by atoms with E-state index in [1.54, 1.807) is 12.1 Å². The smallest absolute Gasteiger partial charge is 0.329 e. The summed E-state index contributed by atoms with van der Waals surface area (Å²) in [4.78, 5) is 12.7. The Morgan fingerprint density at radius 3 is 2.04 bits per heavy atom. The van der Waals surface area contributed by atoms with E-state index >= 15 is 0 Å². The molecule has 0 spiro atoms. The third kappa shape index (κ3) is 5.11. The zero-order valence-corrected chi connectivity index (χ0v) is 14.5. The molecule has 0 aliphatic rings. The van der Waals surface area contributed by atoms with E-state index in [-0.39, 0.29) is 12.6 Å². The standard InChI is InChI=1S/C22H22N2O2/c23-19-11-13-20(14-12-19)24-21(15-17-7-3-1-4-8-17)22(25)26-16-18-9-5-2-6-10-18/h1-14,21,24H,15-16,23H2. The number of hydrogen-bond donors (Lipinski definition) is 2. The molecule has 1 unspecified atom stereocenters. The largest absolute Gasteiger partial charge is 0.459 e. The summed E-state index contributed by atoms with van der Waals surface area (Å²) < 4.78 is 5.53. The van der Waals surface area contributed by atoms with Gasteiger partial charge in [0.15, 0.2) is 0 Å². The maximum Gasteiger partial charge on any atom is 0.329 e. The van der Waals surface area contributed by atoms with Crippen LogP contribution in [0.5, 0.6) is 0 Å². The molecule has 132 valence electrons. The molecule has 0 amide bonds. The van der Waals surface area contributed by atoms with Crippen molar-refractivity contribution in [2.24, 2.45) is 0 Å². The zero-order chi connectivity index (χ0) is 18.2. The first-order valence-electron chi connectivity index (χ1n) is 8.57. The molecule has 0 aliphatic carbocycles. The molecule has 3 N–H and O–H groups in total. The number of nitrogens with two attached hydrogens (primary N) is 1. The van der Waals surface area contributed by atoms with Crippen LogP contribution >= 0.6 is 0 Å². The second-order valence-corrected chi connectivity index (χ2v) is 6.10. The number of carbonyl (C=O) groups is 1. The molecule has 0 bridgehead atoms. The molecule has 0 saturated carbocycles. The van der Waals surface area contributed by atoms with Crippen LogP contribution in [0.2, 0.25) is 0 Å². The van der Waals surface area contributed by atoms with Crippen molar-refractivity contribution in [2.45, 2.75) is 19.1 Å². The van der Waals surface area contributed by atoms with Crippen molar-refractivity contribution in [1.82, 2.24) is 0 Å². The second-order valence-electron chi connectivity index (χ2n) is 6.10. The Morgan fingerprint density at radius 2 is 1.42 bits per heavy atom. The molecule has 0 heterocycles. The molecule has 0 aromatic heterocycles. The van der Waals surface area contributed by atoms with E-state index in [4.69, 9.17) is 10.5 Å². The lowest BCUT2D eigenvalue weighted by Gasteiger charge is -2.19. The van der Waals surface area contributed by atoms with Crippen LogP contribution in [0.1, 0.15) is 11.1 Å². The maximum absolute atomic E-state index is 12.7. The van der Waals surface area contributed by atoms with E-state index in [0.717, 1.165) is 16.8 Å². The van der Waals surface area contributed by atoms with Gasteiger partial charge in [-0.2, -0.15) is 0 Å². The average molecular weight is 346 g/mol. The summed E-state index contributed by atoms with van der Waals surface area (Å²) in [7, 11) is 0. The normalized spacial score (nSPS) is 11.5. The first kappa shape index (κ1) is 17.5. The third-order valence-electron chi connectivity index (χ3n) is 4.04. The van der Waals surface area contributed by atoms with Crippen LogP contribution in [0.25, 0.3) is 0 Å². The van der Waals surface area contributed by atoms with E-state index in [9.17, 15) is 4.79 Å². The molecule has 1 atom stereocenters. The summed E-state index contributed by atoms with van der Waals surface area (Å²) in [5.41, 5.74) is 9.28. The van der Waals surface area contributed by atoms with Crippen molar-refractivity contribution in [3.05, 3.63) is 96.1 Å². The second kappa shape index (κ2) is 8.72. The average Bonchev–Trinajstić information content (AvgIpc) is 2.69. The Labute approximate surface area is 153 Å². The maximum atomic E-state index is 12.7. The lowest BCUT2D eigenvalue weighted by atomic mass is 10.1. The first-order chi connectivity index (χ1) is 12.7. The number of carbonyl (C=O) groups excluding carboxylic acids is 1. The Bertz CT molecular complexity index is 818. The summed E-state index contributed by atoms with van der Waals surface area (Å²) in [6.07, 6.45) is 0.541. The quantitative estimate of drug-likeness (QED) is 0.501. The molecule has 26 heavy (non-hydrogen) atoms. The molecule has 4 heteroatoms. The van der Waals surface area contributed by atoms with E-state index in [2.05, 4.69) is 5.32 Å². The number of ether oxygens (including phenoxy) is 1. The Kier molecular flexibility index (Phi) is 5.88. The van der Waals surface area contributed by atoms with Crippen molar-refractivity contribution in [1.29, 1.82) is 0 Å². The topological polar surface area (TPSA) is 64.3 Å². The highest BCUT2D eigenvalue weighted by Gasteiger charge is 2.20. The van der Waals surface area contributed by atoms with Crippen LogP contribution in [0.15, 0.2) is 84.9 Å². The summed E-state index contributed by atoms with van der Waals surface area (Å²) in [5.74, 6) is -0.283. The highest BCUT2D eigenvalue weighted by Crippen LogP contribution is 2.15. The van der Waals surface area contributed by atoms with Gasteiger partial charge in [-0.1, -0.05) is 60.7 Å². The van der Waals surface area contributed by atoms with Gasteiger partial charge in [0.1, 0.15) is 12.6 Å². The fourth-order valence-electron chi connectivity index (χ4n) is 2.65. The van der Waals surface area contributed by atoms with Gasteiger partial charge < -0.3 is 15.8 Å². The highest BCUT2D eigenvalue weighted by atomic mass is 16.5. The van der Waals surface area contributed by atoms with Crippen molar-refractivity contribution in [3.8, 4) is 0 Å². The van der Waals surface area contributed by atoms with Crippen LogP contribution in [0, 0.1) is 0 Å². The van der Waals surface area contributed by atoms with Gasteiger partial charge in [0.25, 0.3) is 0 Å². The minimum absolute atomic E-state index is 0.258. The van der Waals surface area contributed by atoms with E-state index in [1.165, 1.54) is 0 Å². The van der Waals surface area contributed by atoms with Crippen LogP contribution in [0.4, 0.5) is 11.4 Å². The molecular formula is C22H22N2O2. The van der Waals surface area contributed by atoms with Gasteiger partial charge in [0, 0.05) is 17.8 Å². The fourth-order valence-corrected chi connectivity index (χ4v) is 2.65.